The number of piperidine rings is 1. The Morgan fingerprint density at radius 1 is 1.44 bits per heavy atom. The van der Waals surface area contributed by atoms with Gasteiger partial charge in [-0.15, -0.1) is 0 Å². The minimum absolute atomic E-state index is 0.0144. The van der Waals surface area contributed by atoms with Crippen molar-refractivity contribution in [2.75, 3.05) is 13.1 Å². The Balaban J connectivity index is 1.94. The molecule has 1 fully saturated rings. The zero-order chi connectivity index (χ0) is 11.4. The average Bonchev–Trinajstić information content (AvgIpc) is 2.31. The first-order valence-electron chi connectivity index (χ1n) is 5.70. The van der Waals surface area contributed by atoms with Crippen LogP contribution in [0.2, 0.25) is 0 Å². The molecule has 0 aromatic carbocycles. The molecule has 1 aliphatic heterocycles. The number of carbonyl (C=O) groups is 1. The van der Waals surface area contributed by atoms with Crippen LogP contribution in [-0.4, -0.2) is 30.0 Å². The predicted octanol–water partition coefficient (Wildman–Crippen LogP) is 0.872. The third-order valence-electron chi connectivity index (χ3n) is 2.85. The van der Waals surface area contributed by atoms with Crippen molar-refractivity contribution in [2.24, 2.45) is 0 Å². The van der Waals surface area contributed by atoms with E-state index in [0.29, 0.717) is 11.6 Å². The molecule has 0 spiro atoms. The van der Waals surface area contributed by atoms with Gasteiger partial charge in [-0.2, -0.15) is 0 Å². The van der Waals surface area contributed by atoms with Gasteiger partial charge in [0.2, 0.25) is 0 Å². The molecule has 2 rings (SSSR count). The Morgan fingerprint density at radius 2 is 2.19 bits per heavy atom. The van der Waals surface area contributed by atoms with Crippen molar-refractivity contribution < 1.29 is 4.79 Å². The number of amides is 1. The number of rotatable bonds is 2. The molecule has 2 N–H and O–H groups in total. The molecule has 16 heavy (non-hydrogen) atoms. The Morgan fingerprint density at radius 3 is 2.81 bits per heavy atom. The number of carbonyl (C=O) groups excluding carboxylic acids is 1. The Labute approximate surface area is 95.5 Å². The fraction of sp³-hybridized carbons (Fsp3) is 0.500. The highest BCUT2D eigenvalue weighted by Gasteiger charge is 2.16. The highest BCUT2D eigenvalue weighted by atomic mass is 16.1. The molecule has 0 atom stereocenters. The van der Waals surface area contributed by atoms with Gasteiger partial charge in [-0.1, -0.05) is 0 Å². The summed E-state index contributed by atoms with van der Waals surface area (Å²) < 4.78 is 0. The van der Waals surface area contributed by atoms with Crippen LogP contribution in [0, 0.1) is 6.92 Å². The first-order chi connectivity index (χ1) is 7.75. The van der Waals surface area contributed by atoms with E-state index in [-0.39, 0.29) is 5.91 Å². The van der Waals surface area contributed by atoms with Crippen LogP contribution in [0.1, 0.15) is 28.9 Å². The van der Waals surface area contributed by atoms with Gasteiger partial charge in [0.15, 0.2) is 0 Å². The minimum Gasteiger partial charge on any atom is -0.349 e. The van der Waals surface area contributed by atoms with Crippen LogP contribution in [0.4, 0.5) is 0 Å². The fourth-order valence-corrected chi connectivity index (χ4v) is 1.84. The monoisotopic (exact) mass is 219 g/mol. The summed E-state index contributed by atoms with van der Waals surface area (Å²) in [4.78, 5) is 16.0. The summed E-state index contributed by atoms with van der Waals surface area (Å²) in [6, 6.07) is 3.98. The normalized spacial score (nSPS) is 17.1. The molecule has 1 saturated heterocycles. The number of pyridine rings is 1. The van der Waals surface area contributed by atoms with Crippen LogP contribution in [0.5, 0.6) is 0 Å². The van der Waals surface area contributed by atoms with Crippen molar-refractivity contribution >= 4 is 5.91 Å². The zero-order valence-electron chi connectivity index (χ0n) is 9.49. The van der Waals surface area contributed by atoms with Gasteiger partial charge in [-0.3, -0.25) is 9.78 Å². The molecule has 0 saturated carbocycles. The second kappa shape index (κ2) is 5.07. The van der Waals surface area contributed by atoms with Crippen molar-refractivity contribution in [1.29, 1.82) is 0 Å². The number of nitrogens with one attached hydrogen (secondary N) is 2. The minimum atomic E-state index is -0.0144. The van der Waals surface area contributed by atoms with E-state index in [2.05, 4.69) is 15.6 Å². The van der Waals surface area contributed by atoms with E-state index in [9.17, 15) is 4.79 Å². The highest BCUT2D eigenvalue weighted by Crippen LogP contribution is 2.05. The second-order valence-corrected chi connectivity index (χ2v) is 4.19. The molecule has 0 bridgehead atoms. The van der Waals surface area contributed by atoms with Gasteiger partial charge >= 0.3 is 0 Å². The van der Waals surface area contributed by atoms with Crippen molar-refractivity contribution in [3.05, 3.63) is 29.6 Å². The third kappa shape index (κ3) is 2.79. The maximum Gasteiger partial charge on any atom is 0.253 e. The van der Waals surface area contributed by atoms with E-state index in [1.165, 1.54) is 0 Å². The number of aromatic nitrogens is 1. The second-order valence-electron chi connectivity index (χ2n) is 4.19. The summed E-state index contributed by atoms with van der Waals surface area (Å²) in [7, 11) is 0. The molecular formula is C12H17N3O. The highest BCUT2D eigenvalue weighted by molar-refractivity contribution is 5.94. The number of nitrogens with zero attached hydrogens (tertiary/aromatic N) is 1. The van der Waals surface area contributed by atoms with Gasteiger partial charge in [0.05, 0.1) is 5.56 Å². The first-order valence-corrected chi connectivity index (χ1v) is 5.70. The lowest BCUT2D eigenvalue weighted by Gasteiger charge is -2.23. The van der Waals surface area contributed by atoms with E-state index >= 15 is 0 Å². The summed E-state index contributed by atoms with van der Waals surface area (Å²) in [5.74, 6) is -0.0144. The summed E-state index contributed by atoms with van der Waals surface area (Å²) in [6.45, 7) is 3.88. The van der Waals surface area contributed by atoms with Crippen LogP contribution in [0.25, 0.3) is 0 Å². The molecule has 1 aliphatic rings. The van der Waals surface area contributed by atoms with E-state index in [1.54, 1.807) is 6.20 Å². The smallest absolute Gasteiger partial charge is 0.253 e. The van der Waals surface area contributed by atoms with Crippen molar-refractivity contribution in [3.8, 4) is 0 Å². The van der Waals surface area contributed by atoms with Gasteiger partial charge in [-0.05, 0) is 45.0 Å². The van der Waals surface area contributed by atoms with Crippen LogP contribution in [0.3, 0.4) is 0 Å². The molecule has 0 unspecified atom stereocenters. The summed E-state index contributed by atoms with van der Waals surface area (Å²) in [5, 5.41) is 6.31. The quantitative estimate of drug-likeness (QED) is 0.776. The molecular weight excluding hydrogens is 202 g/mol. The van der Waals surface area contributed by atoms with Gasteiger partial charge < -0.3 is 10.6 Å². The van der Waals surface area contributed by atoms with Gasteiger partial charge in [0, 0.05) is 17.9 Å². The topological polar surface area (TPSA) is 54.0 Å². The zero-order valence-corrected chi connectivity index (χ0v) is 9.49. The SMILES string of the molecule is Cc1ccc(C(=O)NC2CCNCC2)cn1. The van der Waals surface area contributed by atoms with Crippen molar-refractivity contribution in [3.63, 3.8) is 0 Å². The molecule has 1 amide bonds. The van der Waals surface area contributed by atoms with Crippen LogP contribution >= 0.6 is 0 Å². The lowest BCUT2D eigenvalue weighted by molar-refractivity contribution is 0.0929. The molecule has 4 nitrogen and oxygen atoms in total. The van der Waals surface area contributed by atoms with E-state index in [1.807, 2.05) is 19.1 Å². The molecule has 4 heteroatoms. The molecule has 1 aromatic heterocycles. The largest absolute Gasteiger partial charge is 0.349 e. The van der Waals surface area contributed by atoms with E-state index in [4.69, 9.17) is 0 Å². The van der Waals surface area contributed by atoms with Crippen molar-refractivity contribution in [1.82, 2.24) is 15.6 Å². The molecule has 0 aliphatic carbocycles. The molecule has 0 radical (unpaired) electrons. The van der Waals surface area contributed by atoms with Crippen LogP contribution in [-0.2, 0) is 0 Å². The average molecular weight is 219 g/mol. The lowest BCUT2D eigenvalue weighted by atomic mass is 10.1. The molecule has 1 aromatic rings. The Bertz CT molecular complexity index is 355. The Kier molecular flexibility index (Phi) is 3.51. The number of hydrogen-bond donors (Lipinski definition) is 2. The molecule has 86 valence electrons. The first kappa shape index (κ1) is 11.1. The molecule has 2 heterocycles. The summed E-state index contributed by atoms with van der Waals surface area (Å²) in [5.41, 5.74) is 1.57. The third-order valence-corrected chi connectivity index (χ3v) is 2.85. The maximum atomic E-state index is 11.9. The summed E-state index contributed by atoms with van der Waals surface area (Å²) >= 11 is 0. The lowest BCUT2D eigenvalue weighted by Crippen LogP contribution is -2.42. The fourth-order valence-electron chi connectivity index (χ4n) is 1.84. The number of aryl methyl sites for hydroxylation is 1. The van der Waals surface area contributed by atoms with E-state index in [0.717, 1.165) is 31.6 Å². The van der Waals surface area contributed by atoms with Gasteiger partial charge in [-0.25, -0.2) is 0 Å². The van der Waals surface area contributed by atoms with Gasteiger partial charge in [0.1, 0.15) is 0 Å². The van der Waals surface area contributed by atoms with Crippen LogP contribution in [0.15, 0.2) is 18.3 Å². The maximum absolute atomic E-state index is 11.9. The standard InChI is InChI=1S/C12H17N3O/c1-9-2-3-10(8-14-9)12(16)15-11-4-6-13-7-5-11/h2-3,8,11,13H,4-7H2,1H3,(H,15,16). The van der Waals surface area contributed by atoms with Crippen molar-refractivity contribution in [2.45, 2.75) is 25.8 Å². The van der Waals surface area contributed by atoms with Crippen LogP contribution < -0.4 is 10.6 Å². The number of hydrogen-bond acceptors (Lipinski definition) is 3. The van der Waals surface area contributed by atoms with Gasteiger partial charge in [0.25, 0.3) is 5.91 Å². The summed E-state index contributed by atoms with van der Waals surface area (Å²) in [6.07, 6.45) is 3.64. The predicted molar refractivity (Wildman–Crippen MR) is 62.3 cm³/mol. The Hall–Kier alpha value is -1.42. The van der Waals surface area contributed by atoms with E-state index < -0.39 is 0 Å².